The second-order valence-corrected chi connectivity index (χ2v) is 7.62. The Bertz CT molecular complexity index is 813. The van der Waals surface area contributed by atoms with E-state index in [1.54, 1.807) is 26.4 Å². The van der Waals surface area contributed by atoms with E-state index in [9.17, 15) is 9.18 Å². The van der Waals surface area contributed by atoms with Crippen LogP contribution in [0.15, 0.2) is 30.3 Å². The van der Waals surface area contributed by atoms with Crippen molar-refractivity contribution >= 4 is 6.29 Å². The van der Waals surface area contributed by atoms with E-state index >= 15 is 0 Å². The van der Waals surface area contributed by atoms with E-state index in [4.69, 9.17) is 14.2 Å². The van der Waals surface area contributed by atoms with Gasteiger partial charge in [0, 0.05) is 30.9 Å². The summed E-state index contributed by atoms with van der Waals surface area (Å²) in [5, 5.41) is 0. The number of hydrogen-bond donors (Lipinski definition) is 0. The lowest BCUT2D eigenvalue weighted by molar-refractivity contribution is -0.135. The van der Waals surface area contributed by atoms with Gasteiger partial charge in [0.2, 0.25) is 0 Å². The van der Waals surface area contributed by atoms with Gasteiger partial charge in [0.15, 0.2) is 12.6 Å². The zero-order valence-electron chi connectivity index (χ0n) is 18.1. The van der Waals surface area contributed by atoms with Gasteiger partial charge in [0.25, 0.3) is 0 Å². The predicted molar refractivity (Wildman–Crippen MR) is 113 cm³/mol. The predicted octanol–water partition coefficient (Wildman–Crippen LogP) is 5.86. The van der Waals surface area contributed by atoms with E-state index in [2.05, 4.69) is 33.8 Å². The van der Waals surface area contributed by atoms with Crippen LogP contribution in [0.1, 0.15) is 72.9 Å². The molecule has 0 heterocycles. The van der Waals surface area contributed by atoms with Crippen molar-refractivity contribution in [3.8, 4) is 11.1 Å². The van der Waals surface area contributed by atoms with E-state index in [1.807, 2.05) is 0 Å². The van der Waals surface area contributed by atoms with Crippen LogP contribution in [0.2, 0.25) is 0 Å². The number of benzene rings is 2. The van der Waals surface area contributed by atoms with Crippen LogP contribution in [0.3, 0.4) is 0 Å². The molecule has 5 heteroatoms. The summed E-state index contributed by atoms with van der Waals surface area (Å²) in [4.78, 5) is 12.2. The third-order valence-corrected chi connectivity index (χ3v) is 4.97. The van der Waals surface area contributed by atoms with E-state index in [0.717, 1.165) is 34.1 Å². The van der Waals surface area contributed by atoms with E-state index < -0.39 is 6.29 Å². The Balaban J connectivity index is 2.85. The largest absolute Gasteiger partial charge is 0.382 e. The summed E-state index contributed by atoms with van der Waals surface area (Å²) in [6.45, 7) is 9.08. The molecule has 0 aromatic heterocycles. The first-order valence-corrected chi connectivity index (χ1v) is 9.90. The van der Waals surface area contributed by atoms with E-state index in [-0.39, 0.29) is 17.7 Å². The van der Waals surface area contributed by atoms with Gasteiger partial charge < -0.3 is 14.2 Å². The Kier molecular flexibility index (Phi) is 8.50. The number of carbonyl (C=O) groups is 1. The molecule has 0 saturated heterocycles. The summed E-state index contributed by atoms with van der Waals surface area (Å²) in [6, 6.07) is 8.26. The average Bonchev–Trinajstić information content (AvgIpc) is 2.70. The highest BCUT2D eigenvalue weighted by Gasteiger charge is 2.27. The second kappa shape index (κ2) is 10.6. The van der Waals surface area contributed by atoms with Gasteiger partial charge in [-0.15, -0.1) is 0 Å². The number of ether oxygens (including phenoxy) is 3. The molecule has 29 heavy (non-hydrogen) atoms. The summed E-state index contributed by atoms with van der Waals surface area (Å²) in [5.74, 6) is -0.00545. The first kappa shape index (κ1) is 23.2. The summed E-state index contributed by atoms with van der Waals surface area (Å²) >= 11 is 0. The summed E-state index contributed by atoms with van der Waals surface area (Å²) in [6.07, 6.45) is 0.200. The molecule has 0 radical (unpaired) electrons. The molecule has 2 aromatic carbocycles. The van der Waals surface area contributed by atoms with Crippen LogP contribution in [0.5, 0.6) is 0 Å². The monoisotopic (exact) mass is 402 g/mol. The van der Waals surface area contributed by atoms with Crippen LogP contribution in [0.25, 0.3) is 11.1 Å². The minimum atomic E-state index is -0.678. The molecule has 0 saturated carbocycles. The molecule has 0 amide bonds. The highest BCUT2D eigenvalue weighted by atomic mass is 19.1. The standard InChI is InChI=1S/C24H31FO4/c1-15(2)19-13-20(16(3)4)23(24(28-6)29-12-11-27-5)22(21(19)14-26)17-7-9-18(25)10-8-17/h7-10,13-16,24H,11-12H2,1-6H3. The van der Waals surface area contributed by atoms with Gasteiger partial charge in [0.1, 0.15) is 5.82 Å². The van der Waals surface area contributed by atoms with Gasteiger partial charge in [-0.25, -0.2) is 4.39 Å². The number of aldehydes is 1. The molecule has 0 fully saturated rings. The number of methoxy groups -OCH3 is 2. The molecule has 4 nitrogen and oxygen atoms in total. The molecule has 0 aliphatic rings. The van der Waals surface area contributed by atoms with Crippen LogP contribution in [-0.2, 0) is 14.2 Å². The van der Waals surface area contributed by atoms with Gasteiger partial charge in [-0.1, -0.05) is 45.9 Å². The molecule has 1 unspecified atom stereocenters. The first-order chi connectivity index (χ1) is 13.8. The third-order valence-electron chi connectivity index (χ3n) is 4.97. The fourth-order valence-corrected chi connectivity index (χ4v) is 3.53. The Morgan fingerprint density at radius 1 is 0.966 bits per heavy atom. The van der Waals surface area contributed by atoms with Crippen molar-refractivity contribution in [3.05, 3.63) is 58.4 Å². The number of rotatable bonds is 10. The van der Waals surface area contributed by atoms with Gasteiger partial charge in [-0.3, -0.25) is 4.79 Å². The first-order valence-electron chi connectivity index (χ1n) is 9.90. The van der Waals surface area contributed by atoms with Crippen LogP contribution in [-0.4, -0.2) is 33.7 Å². The quantitative estimate of drug-likeness (QED) is 0.284. The van der Waals surface area contributed by atoms with Crippen LogP contribution in [0.4, 0.5) is 4.39 Å². The van der Waals surface area contributed by atoms with Crippen molar-refractivity contribution in [1.29, 1.82) is 0 Å². The smallest absolute Gasteiger partial charge is 0.184 e. The van der Waals surface area contributed by atoms with Crippen molar-refractivity contribution in [3.63, 3.8) is 0 Å². The molecule has 1 atom stereocenters. The van der Waals surface area contributed by atoms with Crippen molar-refractivity contribution in [1.82, 2.24) is 0 Å². The maximum Gasteiger partial charge on any atom is 0.184 e. The van der Waals surface area contributed by atoms with Crippen molar-refractivity contribution in [2.45, 2.75) is 45.8 Å². The Labute approximate surface area is 173 Å². The highest BCUT2D eigenvalue weighted by Crippen LogP contribution is 2.41. The minimum absolute atomic E-state index is 0.149. The molecule has 0 aliphatic carbocycles. The molecule has 158 valence electrons. The second-order valence-electron chi connectivity index (χ2n) is 7.62. The molecule has 0 bridgehead atoms. The van der Waals surface area contributed by atoms with Crippen molar-refractivity contribution in [2.75, 3.05) is 27.4 Å². The summed E-state index contributed by atoms with van der Waals surface area (Å²) in [5.41, 5.74) is 4.88. The Morgan fingerprint density at radius 2 is 1.59 bits per heavy atom. The zero-order chi connectivity index (χ0) is 21.6. The minimum Gasteiger partial charge on any atom is -0.382 e. The molecular formula is C24H31FO4. The lowest BCUT2D eigenvalue weighted by Crippen LogP contribution is -2.17. The molecule has 0 spiro atoms. The number of halogens is 1. The van der Waals surface area contributed by atoms with Crippen LogP contribution < -0.4 is 0 Å². The number of carbonyl (C=O) groups excluding carboxylic acids is 1. The van der Waals surface area contributed by atoms with Gasteiger partial charge in [-0.05, 0) is 40.7 Å². The van der Waals surface area contributed by atoms with Gasteiger partial charge in [0.05, 0.1) is 13.2 Å². The topological polar surface area (TPSA) is 44.8 Å². The Morgan fingerprint density at radius 3 is 2.07 bits per heavy atom. The van der Waals surface area contributed by atoms with E-state index in [0.29, 0.717) is 18.8 Å². The maximum absolute atomic E-state index is 13.6. The molecular weight excluding hydrogens is 371 g/mol. The normalized spacial score (nSPS) is 12.6. The maximum atomic E-state index is 13.6. The van der Waals surface area contributed by atoms with Crippen molar-refractivity contribution in [2.24, 2.45) is 0 Å². The number of hydrogen-bond acceptors (Lipinski definition) is 4. The van der Waals surface area contributed by atoms with Crippen LogP contribution >= 0.6 is 0 Å². The van der Waals surface area contributed by atoms with Gasteiger partial charge >= 0.3 is 0 Å². The Hall–Kier alpha value is -2.08. The van der Waals surface area contributed by atoms with Gasteiger partial charge in [-0.2, -0.15) is 0 Å². The molecule has 2 aromatic rings. The lowest BCUT2D eigenvalue weighted by atomic mass is 9.81. The fraction of sp³-hybridized carbons (Fsp3) is 0.458. The SMILES string of the molecule is COCCOC(OC)c1c(C(C)C)cc(C(C)C)c(C=O)c1-c1ccc(F)cc1. The van der Waals surface area contributed by atoms with E-state index in [1.165, 1.54) is 12.1 Å². The average molecular weight is 403 g/mol. The third kappa shape index (κ3) is 5.30. The van der Waals surface area contributed by atoms with Crippen molar-refractivity contribution < 1.29 is 23.4 Å². The fourth-order valence-electron chi connectivity index (χ4n) is 3.53. The summed E-state index contributed by atoms with van der Waals surface area (Å²) in [7, 11) is 3.18. The van der Waals surface area contributed by atoms with Crippen LogP contribution in [0, 0.1) is 5.82 Å². The molecule has 0 N–H and O–H groups in total. The lowest BCUT2D eigenvalue weighted by Gasteiger charge is -2.28. The summed E-state index contributed by atoms with van der Waals surface area (Å²) < 4.78 is 30.3. The molecule has 2 rings (SSSR count). The molecule has 0 aliphatic heterocycles. The highest BCUT2D eigenvalue weighted by molar-refractivity contribution is 5.92. The zero-order valence-corrected chi connectivity index (χ0v) is 18.1.